The lowest BCUT2D eigenvalue weighted by Gasteiger charge is -2.00. The van der Waals surface area contributed by atoms with E-state index in [0.29, 0.717) is 0 Å². The van der Waals surface area contributed by atoms with E-state index in [1.807, 2.05) is 6.08 Å². The van der Waals surface area contributed by atoms with Crippen molar-refractivity contribution in [2.45, 2.75) is 52.1 Å². The predicted octanol–water partition coefficient (Wildman–Crippen LogP) is 2.39. The summed E-state index contributed by atoms with van der Waals surface area (Å²) in [5, 5.41) is 8.79. The number of allylic oxidation sites excluding steroid dienone is 1. The van der Waals surface area contributed by atoms with E-state index in [1.54, 1.807) is 0 Å². The molecule has 1 atom stereocenters. The SMILES string of the molecule is CCCCCCC=COC(=O)C(C)O. The van der Waals surface area contributed by atoms with Crippen molar-refractivity contribution in [1.82, 2.24) is 0 Å². The number of carbonyl (C=O) groups is 1. The van der Waals surface area contributed by atoms with Crippen LogP contribution in [0.4, 0.5) is 0 Å². The van der Waals surface area contributed by atoms with Crippen molar-refractivity contribution in [2.24, 2.45) is 0 Å². The summed E-state index contributed by atoms with van der Waals surface area (Å²) >= 11 is 0. The summed E-state index contributed by atoms with van der Waals surface area (Å²) in [6.45, 7) is 3.55. The van der Waals surface area contributed by atoms with Crippen LogP contribution in [0.15, 0.2) is 12.3 Å². The third-order valence-corrected chi connectivity index (χ3v) is 1.85. The summed E-state index contributed by atoms with van der Waals surface area (Å²) in [5.74, 6) is -0.602. The average molecular weight is 200 g/mol. The lowest BCUT2D eigenvalue weighted by atomic mass is 10.1. The Kier molecular flexibility index (Phi) is 8.24. The molecule has 3 heteroatoms. The second-order valence-electron chi connectivity index (χ2n) is 3.33. The number of aliphatic hydroxyl groups excluding tert-OH is 1. The van der Waals surface area contributed by atoms with Crippen LogP contribution in [-0.4, -0.2) is 17.2 Å². The van der Waals surface area contributed by atoms with Crippen LogP contribution < -0.4 is 0 Å². The van der Waals surface area contributed by atoms with Gasteiger partial charge in [-0.05, 0) is 25.8 Å². The van der Waals surface area contributed by atoms with Gasteiger partial charge in [0.15, 0.2) is 0 Å². The minimum absolute atomic E-state index is 0.602. The van der Waals surface area contributed by atoms with Crippen molar-refractivity contribution in [1.29, 1.82) is 0 Å². The summed E-state index contributed by atoms with van der Waals surface area (Å²) in [5.41, 5.74) is 0. The van der Waals surface area contributed by atoms with Gasteiger partial charge in [-0.25, -0.2) is 4.79 Å². The topological polar surface area (TPSA) is 46.5 Å². The van der Waals surface area contributed by atoms with Crippen molar-refractivity contribution in [3.05, 3.63) is 12.3 Å². The van der Waals surface area contributed by atoms with Crippen molar-refractivity contribution in [3.63, 3.8) is 0 Å². The number of carbonyl (C=O) groups excluding carboxylic acids is 1. The number of hydrogen-bond donors (Lipinski definition) is 1. The van der Waals surface area contributed by atoms with Crippen molar-refractivity contribution in [2.75, 3.05) is 0 Å². The van der Waals surface area contributed by atoms with E-state index >= 15 is 0 Å². The molecule has 0 radical (unpaired) electrons. The fourth-order valence-corrected chi connectivity index (χ4v) is 0.971. The summed E-state index contributed by atoms with van der Waals surface area (Å²) in [7, 11) is 0. The fraction of sp³-hybridized carbons (Fsp3) is 0.727. The third kappa shape index (κ3) is 7.80. The lowest BCUT2D eigenvalue weighted by molar-refractivity contribution is -0.146. The summed E-state index contributed by atoms with van der Waals surface area (Å²) in [6.07, 6.45) is 7.87. The minimum Gasteiger partial charge on any atom is -0.433 e. The van der Waals surface area contributed by atoms with Gasteiger partial charge in [0.05, 0.1) is 6.26 Å². The van der Waals surface area contributed by atoms with Crippen LogP contribution in [0, 0.1) is 0 Å². The third-order valence-electron chi connectivity index (χ3n) is 1.85. The Morgan fingerprint density at radius 3 is 2.71 bits per heavy atom. The number of unbranched alkanes of at least 4 members (excludes halogenated alkanes) is 4. The zero-order valence-electron chi connectivity index (χ0n) is 9.03. The van der Waals surface area contributed by atoms with Crippen LogP contribution in [0.2, 0.25) is 0 Å². The Morgan fingerprint density at radius 1 is 1.43 bits per heavy atom. The largest absolute Gasteiger partial charge is 0.433 e. The molecule has 0 aromatic rings. The Labute approximate surface area is 85.8 Å². The molecule has 82 valence electrons. The molecular formula is C11H20O3. The molecule has 3 nitrogen and oxygen atoms in total. The predicted molar refractivity (Wildman–Crippen MR) is 55.7 cm³/mol. The van der Waals surface area contributed by atoms with E-state index in [2.05, 4.69) is 11.7 Å². The van der Waals surface area contributed by atoms with Gasteiger partial charge in [-0.15, -0.1) is 0 Å². The number of ether oxygens (including phenoxy) is 1. The van der Waals surface area contributed by atoms with E-state index in [0.717, 1.165) is 12.8 Å². The molecule has 0 fully saturated rings. The Bertz CT molecular complexity index is 173. The van der Waals surface area contributed by atoms with Gasteiger partial charge in [0.1, 0.15) is 6.10 Å². The molecule has 0 aliphatic rings. The molecule has 0 heterocycles. The zero-order valence-corrected chi connectivity index (χ0v) is 9.03. The van der Waals surface area contributed by atoms with E-state index in [1.165, 1.54) is 32.4 Å². The first-order valence-electron chi connectivity index (χ1n) is 5.22. The maximum absolute atomic E-state index is 10.8. The molecule has 0 saturated heterocycles. The maximum Gasteiger partial charge on any atom is 0.339 e. The maximum atomic E-state index is 10.8. The summed E-state index contributed by atoms with van der Waals surface area (Å²) in [4.78, 5) is 10.8. The van der Waals surface area contributed by atoms with Crippen LogP contribution in [-0.2, 0) is 9.53 Å². The summed E-state index contributed by atoms with van der Waals surface area (Å²) in [6, 6.07) is 0. The van der Waals surface area contributed by atoms with E-state index in [-0.39, 0.29) is 0 Å². The monoisotopic (exact) mass is 200 g/mol. The molecular weight excluding hydrogens is 180 g/mol. The van der Waals surface area contributed by atoms with Gasteiger partial charge in [-0.2, -0.15) is 0 Å². The highest BCUT2D eigenvalue weighted by atomic mass is 16.5. The van der Waals surface area contributed by atoms with Crippen LogP contribution in [0.3, 0.4) is 0 Å². The minimum atomic E-state index is -1.04. The second kappa shape index (κ2) is 8.75. The van der Waals surface area contributed by atoms with Gasteiger partial charge >= 0.3 is 5.97 Å². The van der Waals surface area contributed by atoms with Crippen LogP contribution in [0.1, 0.15) is 46.0 Å². The first-order valence-corrected chi connectivity index (χ1v) is 5.22. The van der Waals surface area contributed by atoms with Gasteiger partial charge in [0.25, 0.3) is 0 Å². The normalized spacial score (nSPS) is 13.1. The van der Waals surface area contributed by atoms with Crippen molar-refractivity contribution >= 4 is 5.97 Å². The first-order chi connectivity index (χ1) is 6.68. The van der Waals surface area contributed by atoms with Gasteiger partial charge < -0.3 is 9.84 Å². The Balaban J connectivity index is 3.32. The molecule has 0 aliphatic heterocycles. The van der Waals surface area contributed by atoms with Crippen LogP contribution in [0.5, 0.6) is 0 Å². The standard InChI is InChI=1S/C11H20O3/c1-3-4-5-6-7-8-9-14-11(13)10(2)12/h8-10,12H,3-7H2,1-2H3. The van der Waals surface area contributed by atoms with Crippen LogP contribution >= 0.6 is 0 Å². The van der Waals surface area contributed by atoms with Gasteiger partial charge in [0, 0.05) is 0 Å². The molecule has 14 heavy (non-hydrogen) atoms. The van der Waals surface area contributed by atoms with Gasteiger partial charge in [-0.3, -0.25) is 0 Å². The molecule has 0 bridgehead atoms. The number of rotatable bonds is 7. The molecule has 0 spiro atoms. The number of hydrogen-bond acceptors (Lipinski definition) is 3. The zero-order chi connectivity index (χ0) is 10.8. The van der Waals surface area contributed by atoms with Gasteiger partial charge in [-0.1, -0.05) is 26.2 Å². The Morgan fingerprint density at radius 2 is 2.14 bits per heavy atom. The average Bonchev–Trinajstić information content (AvgIpc) is 2.16. The smallest absolute Gasteiger partial charge is 0.339 e. The second-order valence-corrected chi connectivity index (χ2v) is 3.33. The molecule has 0 rings (SSSR count). The quantitative estimate of drug-likeness (QED) is 0.390. The van der Waals surface area contributed by atoms with E-state index in [4.69, 9.17) is 5.11 Å². The molecule has 1 N–H and O–H groups in total. The highest BCUT2D eigenvalue weighted by Gasteiger charge is 2.07. The lowest BCUT2D eigenvalue weighted by Crippen LogP contribution is -2.16. The van der Waals surface area contributed by atoms with E-state index < -0.39 is 12.1 Å². The number of esters is 1. The fourth-order valence-electron chi connectivity index (χ4n) is 0.971. The molecule has 0 aromatic heterocycles. The van der Waals surface area contributed by atoms with Crippen LogP contribution in [0.25, 0.3) is 0 Å². The highest BCUT2D eigenvalue weighted by molar-refractivity contribution is 5.74. The molecule has 0 saturated carbocycles. The molecule has 1 unspecified atom stereocenters. The highest BCUT2D eigenvalue weighted by Crippen LogP contribution is 2.02. The number of aliphatic hydroxyl groups is 1. The van der Waals surface area contributed by atoms with Gasteiger partial charge in [0.2, 0.25) is 0 Å². The summed E-state index contributed by atoms with van der Waals surface area (Å²) < 4.78 is 4.64. The van der Waals surface area contributed by atoms with Crippen molar-refractivity contribution in [3.8, 4) is 0 Å². The molecule has 0 amide bonds. The molecule has 0 aromatic carbocycles. The Hall–Kier alpha value is -0.830. The van der Waals surface area contributed by atoms with Crippen molar-refractivity contribution < 1.29 is 14.6 Å². The molecule has 0 aliphatic carbocycles. The van der Waals surface area contributed by atoms with E-state index in [9.17, 15) is 4.79 Å². The first kappa shape index (κ1) is 13.2.